The number of hydrogen-bond donors (Lipinski definition) is 1. The minimum atomic E-state index is -0.243. The van der Waals surface area contributed by atoms with Gasteiger partial charge in [0.05, 0.1) is 12.8 Å². The number of nitrogens with zero attached hydrogens (tertiary/aromatic N) is 1. The predicted octanol–water partition coefficient (Wildman–Crippen LogP) is 6.58. The van der Waals surface area contributed by atoms with Crippen LogP contribution in [0.3, 0.4) is 0 Å². The number of carbonyl (C=O) groups excluding carboxylic acids is 1. The molecule has 0 fully saturated rings. The molecule has 0 aliphatic carbocycles. The smallest absolute Gasteiger partial charge is 0.271 e. The molecule has 1 amide bonds. The highest BCUT2D eigenvalue weighted by Gasteiger charge is 2.04. The summed E-state index contributed by atoms with van der Waals surface area (Å²) >= 11 is 7.63. The topological polar surface area (TPSA) is 50.7 Å². The minimum Gasteiger partial charge on any atom is -0.494 e. The van der Waals surface area contributed by atoms with E-state index in [2.05, 4.69) is 17.5 Å². The molecule has 0 saturated carbocycles. The van der Waals surface area contributed by atoms with Crippen molar-refractivity contribution in [2.75, 3.05) is 6.61 Å². The van der Waals surface area contributed by atoms with Crippen molar-refractivity contribution < 1.29 is 9.53 Å². The van der Waals surface area contributed by atoms with E-state index in [4.69, 9.17) is 16.3 Å². The van der Waals surface area contributed by atoms with Gasteiger partial charge >= 0.3 is 0 Å². The Hall–Kier alpha value is -2.76. The van der Waals surface area contributed by atoms with Crippen molar-refractivity contribution in [2.24, 2.45) is 5.10 Å². The summed E-state index contributed by atoms with van der Waals surface area (Å²) in [6.07, 6.45) is 3.76. The van der Waals surface area contributed by atoms with Crippen LogP contribution in [0.4, 0.5) is 0 Å². The molecular formula is C25H25ClN2O2S. The highest BCUT2D eigenvalue weighted by atomic mass is 35.5. The lowest BCUT2D eigenvalue weighted by Crippen LogP contribution is -2.17. The second-order valence-electron chi connectivity index (χ2n) is 6.91. The Balaban J connectivity index is 1.46. The van der Waals surface area contributed by atoms with Crippen LogP contribution in [0.25, 0.3) is 0 Å². The largest absolute Gasteiger partial charge is 0.494 e. The lowest BCUT2D eigenvalue weighted by Gasteiger charge is -2.05. The molecule has 0 radical (unpaired) electrons. The van der Waals surface area contributed by atoms with E-state index in [-0.39, 0.29) is 5.91 Å². The number of thioether (sulfide) groups is 1. The van der Waals surface area contributed by atoms with E-state index in [0.717, 1.165) is 52.0 Å². The molecule has 0 heterocycles. The molecular weight excluding hydrogens is 428 g/mol. The van der Waals surface area contributed by atoms with Crippen LogP contribution in [0.2, 0.25) is 5.02 Å². The minimum absolute atomic E-state index is 0.243. The molecule has 4 nitrogen and oxygen atoms in total. The maximum Gasteiger partial charge on any atom is 0.271 e. The zero-order valence-electron chi connectivity index (χ0n) is 17.4. The van der Waals surface area contributed by atoms with Crippen molar-refractivity contribution in [3.05, 3.63) is 94.5 Å². The summed E-state index contributed by atoms with van der Waals surface area (Å²) in [6, 6.07) is 22.9. The van der Waals surface area contributed by atoms with E-state index < -0.39 is 0 Å². The molecule has 6 heteroatoms. The highest BCUT2D eigenvalue weighted by Crippen LogP contribution is 2.24. The van der Waals surface area contributed by atoms with Crippen LogP contribution in [-0.4, -0.2) is 18.7 Å². The molecule has 3 rings (SSSR count). The van der Waals surface area contributed by atoms with Gasteiger partial charge in [-0.1, -0.05) is 37.1 Å². The van der Waals surface area contributed by atoms with Crippen LogP contribution >= 0.6 is 23.4 Å². The van der Waals surface area contributed by atoms with Crippen LogP contribution in [0.15, 0.2) is 82.8 Å². The number of hydrazone groups is 1. The maximum absolute atomic E-state index is 12.3. The summed E-state index contributed by atoms with van der Waals surface area (Å²) < 4.78 is 5.64. The van der Waals surface area contributed by atoms with Gasteiger partial charge in [0.1, 0.15) is 5.75 Å². The molecule has 3 aromatic rings. The molecule has 0 aliphatic heterocycles. The summed E-state index contributed by atoms with van der Waals surface area (Å²) in [4.78, 5) is 13.4. The molecule has 1 N–H and O–H groups in total. The van der Waals surface area contributed by atoms with Crippen LogP contribution in [0.5, 0.6) is 5.75 Å². The summed E-state index contributed by atoms with van der Waals surface area (Å²) in [5.41, 5.74) is 5.16. The third-order valence-electron chi connectivity index (χ3n) is 4.46. The van der Waals surface area contributed by atoms with Crippen molar-refractivity contribution >= 4 is 35.5 Å². The molecule has 0 aliphatic rings. The average molecular weight is 453 g/mol. The number of benzene rings is 3. The van der Waals surface area contributed by atoms with Gasteiger partial charge in [0.15, 0.2) is 0 Å². The first-order chi connectivity index (χ1) is 15.1. The van der Waals surface area contributed by atoms with Crippen LogP contribution < -0.4 is 10.2 Å². The Morgan fingerprint density at radius 1 is 1.03 bits per heavy atom. The first kappa shape index (κ1) is 22.9. The number of nitrogens with one attached hydrogen (secondary N) is 1. The van der Waals surface area contributed by atoms with Gasteiger partial charge in [-0.2, -0.15) is 5.10 Å². The number of hydrogen-bond acceptors (Lipinski definition) is 4. The molecule has 0 atom stereocenters. The molecule has 0 spiro atoms. The number of carbonyl (C=O) groups is 1. The first-order valence-corrected chi connectivity index (χ1v) is 11.5. The van der Waals surface area contributed by atoms with Gasteiger partial charge in [-0.15, -0.1) is 11.8 Å². The molecule has 0 aromatic heterocycles. The van der Waals surface area contributed by atoms with E-state index in [1.54, 1.807) is 18.0 Å². The number of rotatable bonds is 10. The summed E-state index contributed by atoms with van der Waals surface area (Å²) in [6.45, 7) is 2.85. The van der Waals surface area contributed by atoms with E-state index in [0.29, 0.717) is 5.56 Å². The van der Waals surface area contributed by atoms with Crippen molar-refractivity contribution in [3.63, 3.8) is 0 Å². The van der Waals surface area contributed by atoms with Crippen LogP contribution in [0.1, 0.15) is 41.3 Å². The third kappa shape index (κ3) is 7.78. The van der Waals surface area contributed by atoms with Gasteiger partial charge in [0.25, 0.3) is 5.91 Å². The molecule has 3 aromatic carbocycles. The second kappa shape index (κ2) is 12.2. The molecule has 0 saturated heterocycles. The lowest BCUT2D eigenvalue weighted by atomic mass is 10.1. The van der Waals surface area contributed by atoms with Gasteiger partial charge in [-0.25, -0.2) is 5.43 Å². The highest BCUT2D eigenvalue weighted by molar-refractivity contribution is 7.98. The van der Waals surface area contributed by atoms with Crippen molar-refractivity contribution in [2.45, 2.75) is 30.4 Å². The van der Waals surface area contributed by atoms with Gasteiger partial charge in [-0.3, -0.25) is 4.79 Å². The molecule has 0 unspecified atom stereocenters. The Bertz CT molecular complexity index is 988. The fourth-order valence-electron chi connectivity index (χ4n) is 2.66. The Morgan fingerprint density at radius 2 is 1.74 bits per heavy atom. The Kier molecular flexibility index (Phi) is 9.00. The second-order valence-corrected chi connectivity index (χ2v) is 8.39. The Labute approximate surface area is 192 Å². The van der Waals surface area contributed by atoms with Crippen molar-refractivity contribution in [1.82, 2.24) is 5.43 Å². The number of halogens is 1. The summed E-state index contributed by atoms with van der Waals surface area (Å²) in [7, 11) is 0. The fraction of sp³-hybridized carbons (Fsp3) is 0.200. The fourth-order valence-corrected chi connectivity index (χ4v) is 3.64. The average Bonchev–Trinajstić information content (AvgIpc) is 2.80. The lowest BCUT2D eigenvalue weighted by molar-refractivity contribution is 0.0955. The zero-order valence-corrected chi connectivity index (χ0v) is 19.0. The van der Waals surface area contributed by atoms with E-state index in [1.807, 2.05) is 72.8 Å². The summed E-state index contributed by atoms with van der Waals surface area (Å²) in [5, 5.41) is 4.78. The summed E-state index contributed by atoms with van der Waals surface area (Å²) in [5.74, 6) is 1.41. The van der Waals surface area contributed by atoms with E-state index >= 15 is 0 Å². The quantitative estimate of drug-likeness (QED) is 0.164. The number of ether oxygens (including phenoxy) is 1. The van der Waals surface area contributed by atoms with Crippen LogP contribution in [0, 0.1) is 0 Å². The standard InChI is InChI=1S/C25H25ClN2O2S/c1-2-3-16-30-23-12-6-19(7-13-23)17-27-28-25(29)21-8-4-20(5-9-21)18-31-24-14-10-22(26)11-15-24/h4-15,17H,2-3,16,18H2,1H3,(H,28,29)/b27-17-. The number of unbranched alkanes of at least 4 members (excludes halogenated alkanes) is 1. The van der Waals surface area contributed by atoms with Gasteiger partial charge in [0.2, 0.25) is 0 Å². The van der Waals surface area contributed by atoms with Gasteiger partial charge < -0.3 is 4.74 Å². The number of amides is 1. The first-order valence-electron chi connectivity index (χ1n) is 10.2. The monoisotopic (exact) mass is 452 g/mol. The van der Waals surface area contributed by atoms with Crippen LogP contribution in [-0.2, 0) is 5.75 Å². The van der Waals surface area contributed by atoms with Crippen molar-refractivity contribution in [1.29, 1.82) is 0 Å². The van der Waals surface area contributed by atoms with Gasteiger partial charge in [0, 0.05) is 21.2 Å². The molecule has 31 heavy (non-hydrogen) atoms. The predicted molar refractivity (Wildman–Crippen MR) is 129 cm³/mol. The third-order valence-corrected chi connectivity index (χ3v) is 5.80. The van der Waals surface area contributed by atoms with Crippen molar-refractivity contribution in [3.8, 4) is 5.75 Å². The molecule has 0 bridgehead atoms. The Morgan fingerprint density at radius 3 is 2.42 bits per heavy atom. The van der Waals surface area contributed by atoms with E-state index in [1.165, 1.54) is 0 Å². The maximum atomic E-state index is 12.3. The van der Waals surface area contributed by atoms with E-state index in [9.17, 15) is 4.79 Å². The normalized spacial score (nSPS) is 10.9. The van der Waals surface area contributed by atoms with Gasteiger partial charge in [-0.05, 0) is 78.2 Å². The zero-order chi connectivity index (χ0) is 21.9. The SMILES string of the molecule is CCCCOc1ccc(/C=N\NC(=O)c2ccc(CSc3ccc(Cl)cc3)cc2)cc1. The molecule has 160 valence electrons.